The molecule has 5 heteroatoms. The number of hydrogen-bond donors (Lipinski definition) is 1. The van der Waals surface area contributed by atoms with Crippen molar-refractivity contribution < 1.29 is 9.53 Å². The van der Waals surface area contributed by atoms with Crippen molar-refractivity contribution in [3.8, 4) is 0 Å². The molecule has 0 bridgehead atoms. The molecule has 19 heavy (non-hydrogen) atoms. The molecule has 1 N–H and O–H groups in total. The number of halogens is 1. The molecule has 1 aromatic heterocycles. The Kier molecular flexibility index (Phi) is 6.25. The van der Waals surface area contributed by atoms with Crippen LogP contribution < -0.4 is 5.32 Å². The van der Waals surface area contributed by atoms with Crippen molar-refractivity contribution in [2.75, 3.05) is 19.7 Å². The van der Waals surface area contributed by atoms with Crippen LogP contribution >= 0.6 is 12.4 Å². The number of piperidine rings is 1. The molecule has 1 aliphatic rings. The van der Waals surface area contributed by atoms with Crippen molar-refractivity contribution in [3.63, 3.8) is 0 Å². The predicted octanol–water partition coefficient (Wildman–Crippen LogP) is 1.98. The number of nitrogens with one attached hydrogen (secondary N) is 1. The minimum atomic E-state index is -0.419. The highest BCUT2D eigenvalue weighted by molar-refractivity contribution is 5.85. The van der Waals surface area contributed by atoms with E-state index < -0.39 is 5.41 Å². The Bertz CT molecular complexity index is 392. The lowest BCUT2D eigenvalue weighted by Crippen LogP contribution is -2.47. The van der Waals surface area contributed by atoms with E-state index in [2.05, 4.69) is 10.3 Å². The summed E-state index contributed by atoms with van der Waals surface area (Å²) in [5.74, 6) is -0.0824. The molecule has 0 radical (unpaired) electrons. The van der Waals surface area contributed by atoms with Gasteiger partial charge < -0.3 is 10.1 Å². The van der Waals surface area contributed by atoms with E-state index in [-0.39, 0.29) is 18.4 Å². The highest BCUT2D eigenvalue weighted by Crippen LogP contribution is 2.32. The topological polar surface area (TPSA) is 51.2 Å². The van der Waals surface area contributed by atoms with Gasteiger partial charge >= 0.3 is 5.97 Å². The summed E-state index contributed by atoms with van der Waals surface area (Å²) in [5, 5.41) is 3.31. The van der Waals surface area contributed by atoms with Crippen molar-refractivity contribution in [1.29, 1.82) is 0 Å². The average molecular weight is 285 g/mol. The van der Waals surface area contributed by atoms with Gasteiger partial charge in [-0.15, -0.1) is 12.4 Å². The Morgan fingerprint density at radius 2 is 2.42 bits per heavy atom. The van der Waals surface area contributed by atoms with Crippen molar-refractivity contribution >= 4 is 18.4 Å². The molecule has 0 saturated carbocycles. The number of hydrogen-bond acceptors (Lipinski definition) is 4. The van der Waals surface area contributed by atoms with Crippen molar-refractivity contribution in [1.82, 2.24) is 10.3 Å². The van der Waals surface area contributed by atoms with E-state index in [1.807, 2.05) is 25.3 Å². The van der Waals surface area contributed by atoms with Crippen LogP contribution in [0.3, 0.4) is 0 Å². The van der Waals surface area contributed by atoms with Crippen molar-refractivity contribution in [2.24, 2.45) is 5.41 Å². The lowest BCUT2D eigenvalue weighted by molar-refractivity contribution is -0.156. The summed E-state index contributed by atoms with van der Waals surface area (Å²) in [6, 6.07) is 3.92. The third-order valence-electron chi connectivity index (χ3n) is 3.45. The van der Waals surface area contributed by atoms with Crippen LogP contribution in [0.2, 0.25) is 0 Å². The van der Waals surface area contributed by atoms with Gasteiger partial charge in [-0.05, 0) is 44.4 Å². The molecule has 2 rings (SSSR count). The fourth-order valence-electron chi connectivity index (χ4n) is 2.54. The molecular weight excluding hydrogens is 264 g/mol. The average Bonchev–Trinajstić information content (AvgIpc) is 2.41. The monoisotopic (exact) mass is 284 g/mol. The standard InChI is InChI=1S/C14H20N2O2.ClH/c1-2-18-13(17)14(6-4-8-16-11-14)9-12-5-3-7-15-10-12;/h3,5,7,10,16H,2,4,6,8-9,11H2,1H3;1H. The smallest absolute Gasteiger partial charge is 0.313 e. The van der Waals surface area contributed by atoms with Crippen LogP contribution in [0.5, 0.6) is 0 Å². The lowest BCUT2D eigenvalue weighted by atomic mass is 9.76. The van der Waals surface area contributed by atoms with E-state index >= 15 is 0 Å². The van der Waals surface area contributed by atoms with Crippen LogP contribution in [0.15, 0.2) is 24.5 Å². The fraction of sp³-hybridized carbons (Fsp3) is 0.571. The second-order valence-corrected chi connectivity index (χ2v) is 4.82. The Morgan fingerprint density at radius 3 is 3.00 bits per heavy atom. The molecule has 1 fully saturated rings. The maximum absolute atomic E-state index is 12.2. The molecule has 1 aliphatic heterocycles. The van der Waals surface area contributed by atoms with Crippen molar-refractivity contribution in [3.05, 3.63) is 30.1 Å². The van der Waals surface area contributed by atoms with Gasteiger partial charge in [-0.25, -0.2) is 0 Å². The van der Waals surface area contributed by atoms with Gasteiger partial charge in [0.05, 0.1) is 12.0 Å². The number of ether oxygens (including phenoxy) is 1. The Hall–Kier alpha value is -1.13. The summed E-state index contributed by atoms with van der Waals surface area (Å²) >= 11 is 0. The zero-order chi connectivity index (χ0) is 12.8. The summed E-state index contributed by atoms with van der Waals surface area (Å²) in [6.07, 6.45) is 6.18. The third-order valence-corrected chi connectivity index (χ3v) is 3.45. The van der Waals surface area contributed by atoms with Crippen LogP contribution in [0.25, 0.3) is 0 Å². The zero-order valence-corrected chi connectivity index (χ0v) is 12.0. The van der Waals surface area contributed by atoms with E-state index in [0.29, 0.717) is 19.6 Å². The van der Waals surface area contributed by atoms with E-state index in [1.165, 1.54) is 0 Å². The summed E-state index contributed by atoms with van der Waals surface area (Å²) in [4.78, 5) is 16.4. The van der Waals surface area contributed by atoms with Crippen LogP contribution in [-0.4, -0.2) is 30.6 Å². The molecule has 4 nitrogen and oxygen atoms in total. The number of aromatic nitrogens is 1. The molecule has 1 aromatic rings. The van der Waals surface area contributed by atoms with Gasteiger partial charge in [0.15, 0.2) is 0 Å². The molecule has 0 aromatic carbocycles. The molecule has 1 atom stereocenters. The Labute approximate surface area is 120 Å². The number of nitrogens with zero attached hydrogens (tertiary/aromatic N) is 1. The zero-order valence-electron chi connectivity index (χ0n) is 11.2. The molecular formula is C14H21ClN2O2. The largest absolute Gasteiger partial charge is 0.466 e. The summed E-state index contributed by atoms with van der Waals surface area (Å²) in [5.41, 5.74) is 0.673. The van der Waals surface area contributed by atoms with Crippen molar-refractivity contribution in [2.45, 2.75) is 26.2 Å². The van der Waals surface area contributed by atoms with Crippen LogP contribution in [0.1, 0.15) is 25.3 Å². The summed E-state index contributed by atoms with van der Waals surface area (Å²) in [7, 11) is 0. The molecule has 0 aliphatic carbocycles. The molecule has 0 amide bonds. The maximum atomic E-state index is 12.2. The van der Waals surface area contributed by atoms with Crippen LogP contribution in [-0.2, 0) is 16.0 Å². The molecule has 1 unspecified atom stereocenters. The second-order valence-electron chi connectivity index (χ2n) is 4.82. The maximum Gasteiger partial charge on any atom is 0.313 e. The Balaban J connectivity index is 0.00000180. The van der Waals surface area contributed by atoms with E-state index in [0.717, 1.165) is 24.9 Å². The summed E-state index contributed by atoms with van der Waals surface area (Å²) < 4.78 is 5.26. The highest BCUT2D eigenvalue weighted by atomic mass is 35.5. The van der Waals surface area contributed by atoms with Gasteiger partial charge in [-0.1, -0.05) is 6.07 Å². The van der Waals surface area contributed by atoms with Gasteiger partial charge in [0.1, 0.15) is 0 Å². The quantitative estimate of drug-likeness (QED) is 0.859. The van der Waals surface area contributed by atoms with E-state index in [4.69, 9.17) is 4.74 Å². The highest BCUT2D eigenvalue weighted by Gasteiger charge is 2.41. The second kappa shape index (κ2) is 7.46. The first-order chi connectivity index (χ1) is 8.77. The molecule has 106 valence electrons. The van der Waals surface area contributed by atoms with E-state index in [1.54, 1.807) is 6.20 Å². The first-order valence-corrected chi connectivity index (χ1v) is 6.54. The molecule has 1 saturated heterocycles. The predicted molar refractivity (Wildman–Crippen MR) is 76.4 cm³/mol. The summed E-state index contributed by atoms with van der Waals surface area (Å²) in [6.45, 7) is 3.97. The first-order valence-electron chi connectivity index (χ1n) is 6.54. The van der Waals surface area contributed by atoms with Gasteiger partial charge in [-0.3, -0.25) is 9.78 Å². The molecule has 0 spiro atoms. The number of carbonyl (C=O) groups is 1. The first kappa shape index (κ1) is 15.9. The Morgan fingerprint density at radius 1 is 1.58 bits per heavy atom. The number of carbonyl (C=O) groups excluding carboxylic acids is 1. The van der Waals surface area contributed by atoms with Crippen LogP contribution in [0, 0.1) is 5.41 Å². The minimum Gasteiger partial charge on any atom is -0.466 e. The fourth-order valence-corrected chi connectivity index (χ4v) is 2.54. The van der Waals surface area contributed by atoms with E-state index in [9.17, 15) is 4.79 Å². The minimum absolute atomic E-state index is 0. The van der Waals surface area contributed by atoms with Gasteiger partial charge in [0.25, 0.3) is 0 Å². The number of rotatable bonds is 4. The molecule has 2 heterocycles. The van der Waals surface area contributed by atoms with Crippen LogP contribution in [0.4, 0.5) is 0 Å². The number of esters is 1. The number of pyridine rings is 1. The lowest BCUT2D eigenvalue weighted by Gasteiger charge is -2.35. The normalized spacial score (nSPS) is 22.4. The van der Waals surface area contributed by atoms with Gasteiger partial charge in [0, 0.05) is 18.9 Å². The third kappa shape index (κ3) is 3.91. The van der Waals surface area contributed by atoms with Gasteiger partial charge in [-0.2, -0.15) is 0 Å². The van der Waals surface area contributed by atoms with Gasteiger partial charge in [0.2, 0.25) is 0 Å². The SMILES string of the molecule is CCOC(=O)C1(Cc2cccnc2)CCCNC1.Cl.